The van der Waals surface area contributed by atoms with Gasteiger partial charge in [-0.15, -0.1) is 0 Å². The first kappa shape index (κ1) is 25.2. The van der Waals surface area contributed by atoms with Crippen molar-refractivity contribution in [1.82, 2.24) is 10.6 Å². The van der Waals surface area contributed by atoms with Crippen molar-refractivity contribution in [3.63, 3.8) is 0 Å². The number of thiocarbonyl (C=S) groups is 1. The number of rotatable bonds is 6. The summed E-state index contributed by atoms with van der Waals surface area (Å²) in [5.41, 5.74) is 2.97. The first-order valence-electron chi connectivity index (χ1n) is 9.30. The molecule has 31 heavy (non-hydrogen) atoms. The lowest BCUT2D eigenvalue weighted by Gasteiger charge is -2.28. The van der Waals surface area contributed by atoms with Crippen LogP contribution in [0.3, 0.4) is 0 Å². The topological polar surface area (TPSA) is 79.5 Å². The van der Waals surface area contributed by atoms with Crippen LogP contribution in [0.1, 0.15) is 38.8 Å². The summed E-state index contributed by atoms with van der Waals surface area (Å²) in [5, 5.41) is 8.32. The van der Waals surface area contributed by atoms with Gasteiger partial charge in [-0.1, -0.05) is 64.1 Å². The van der Waals surface area contributed by atoms with Crippen LogP contribution in [-0.4, -0.2) is 33.6 Å². The van der Waals surface area contributed by atoms with Gasteiger partial charge in [0.15, 0.2) is 5.11 Å². The molecule has 10 heteroatoms. The van der Waals surface area contributed by atoms with E-state index >= 15 is 0 Å². The summed E-state index contributed by atoms with van der Waals surface area (Å²) in [6.45, 7) is 5.71. The number of para-hydroxylation sites is 1. The standard InChI is InChI=1S/C21H22Cl3N3O3S/c1-4-30-18(29)15-7-5-6-8-16(15)25-20(31)27-19(21(22,23)24)26-17(28)14-10-12(2)9-13(3)11-14/h5-11,19H,4H2,1-3H3,(H,26,28)(H2,25,27,31). The van der Waals surface area contributed by atoms with Crippen molar-refractivity contribution in [2.24, 2.45) is 0 Å². The van der Waals surface area contributed by atoms with Crippen LogP contribution in [0.15, 0.2) is 42.5 Å². The third kappa shape index (κ3) is 7.54. The van der Waals surface area contributed by atoms with E-state index in [1.807, 2.05) is 19.9 Å². The molecule has 0 saturated heterocycles. The van der Waals surface area contributed by atoms with Gasteiger partial charge in [0.05, 0.1) is 17.9 Å². The molecule has 0 aliphatic carbocycles. The maximum Gasteiger partial charge on any atom is 0.340 e. The van der Waals surface area contributed by atoms with Gasteiger partial charge in [0, 0.05) is 5.56 Å². The van der Waals surface area contributed by atoms with E-state index in [-0.39, 0.29) is 11.7 Å². The number of anilines is 1. The second-order valence-electron chi connectivity index (χ2n) is 6.69. The number of ether oxygens (including phenoxy) is 1. The molecule has 6 nitrogen and oxygen atoms in total. The first-order chi connectivity index (χ1) is 14.5. The highest BCUT2D eigenvalue weighted by molar-refractivity contribution is 7.80. The number of halogens is 3. The summed E-state index contributed by atoms with van der Waals surface area (Å²) < 4.78 is 3.13. The Morgan fingerprint density at radius 1 is 1.06 bits per heavy atom. The van der Waals surface area contributed by atoms with Crippen molar-refractivity contribution < 1.29 is 14.3 Å². The summed E-state index contributed by atoms with van der Waals surface area (Å²) in [6, 6.07) is 12.1. The SMILES string of the molecule is CCOC(=O)c1ccccc1NC(=S)NC(NC(=O)c1cc(C)cc(C)c1)C(Cl)(Cl)Cl. The molecule has 0 saturated carbocycles. The molecule has 0 aliphatic rings. The monoisotopic (exact) mass is 501 g/mol. The molecular formula is C21H22Cl3N3O3S. The summed E-state index contributed by atoms with van der Waals surface area (Å²) in [5.74, 6) is -0.945. The van der Waals surface area contributed by atoms with E-state index in [0.29, 0.717) is 16.8 Å². The number of benzene rings is 2. The van der Waals surface area contributed by atoms with Gasteiger partial charge in [0.1, 0.15) is 6.17 Å². The van der Waals surface area contributed by atoms with Crippen molar-refractivity contribution in [3.8, 4) is 0 Å². The summed E-state index contributed by atoms with van der Waals surface area (Å²) in [4.78, 5) is 24.8. The zero-order chi connectivity index (χ0) is 23.2. The highest BCUT2D eigenvalue weighted by Crippen LogP contribution is 2.29. The molecule has 2 aromatic carbocycles. The van der Waals surface area contributed by atoms with Gasteiger partial charge in [-0.2, -0.15) is 0 Å². The average Bonchev–Trinajstić information content (AvgIpc) is 2.66. The van der Waals surface area contributed by atoms with Crippen LogP contribution in [0.2, 0.25) is 0 Å². The molecule has 0 aliphatic heterocycles. The molecule has 1 atom stereocenters. The lowest BCUT2D eigenvalue weighted by Crippen LogP contribution is -2.56. The summed E-state index contributed by atoms with van der Waals surface area (Å²) >= 11 is 23.5. The Morgan fingerprint density at radius 2 is 1.68 bits per heavy atom. The van der Waals surface area contributed by atoms with Crippen LogP contribution in [0, 0.1) is 13.8 Å². The molecule has 0 heterocycles. The Hall–Kier alpha value is -2.06. The second-order valence-corrected chi connectivity index (χ2v) is 9.47. The van der Waals surface area contributed by atoms with Gasteiger partial charge in [0.2, 0.25) is 3.79 Å². The molecule has 0 radical (unpaired) electrons. The third-order valence-electron chi connectivity index (χ3n) is 4.03. The van der Waals surface area contributed by atoms with Crippen LogP contribution >= 0.6 is 47.0 Å². The predicted molar refractivity (Wildman–Crippen MR) is 129 cm³/mol. The number of amides is 1. The van der Waals surface area contributed by atoms with Gasteiger partial charge >= 0.3 is 5.97 Å². The van der Waals surface area contributed by atoms with Gasteiger partial charge in [-0.05, 0) is 57.3 Å². The summed E-state index contributed by atoms with van der Waals surface area (Å²) in [7, 11) is 0. The van der Waals surface area contributed by atoms with Crippen molar-refractivity contribution in [2.45, 2.75) is 30.7 Å². The fraction of sp³-hybridized carbons (Fsp3) is 0.286. The molecule has 0 fully saturated rings. The van der Waals surface area contributed by atoms with Crippen molar-refractivity contribution in [2.75, 3.05) is 11.9 Å². The Kier molecular flexibility index (Phi) is 8.94. The first-order valence-corrected chi connectivity index (χ1v) is 10.8. The van der Waals surface area contributed by atoms with Crippen LogP contribution in [0.25, 0.3) is 0 Å². The minimum Gasteiger partial charge on any atom is -0.462 e. The Bertz CT molecular complexity index is 960. The van der Waals surface area contributed by atoms with Gasteiger partial charge in [-0.25, -0.2) is 4.79 Å². The molecule has 166 valence electrons. The zero-order valence-electron chi connectivity index (χ0n) is 17.1. The number of carbonyl (C=O) groups excluding carboxylic acids is 2. The number of carbonyl (C=O) groups is 2. The van der Waals surface area contributed by atoms with Gasteiger partial charge < -0.3 is 20.7 Å². The average molecular weight is 503 g/mol. The van der Waals surface area contributed by atoms with Crippen molar-refractivity contribution in [3.05, 3.63) is 64.7 Å². The lowest BCUT2D eigenvalue weighted by atomic mass is 10.1. The number of hydrogen-bond acceptors (Lipinski definition) is 4. The van der Waals surface area contributed by atoms with E-state index < -0.39 is 21.8 Å². The van der Waals surface area contributed by atoms with E-state index in [1.165, 1.54) is 0 Å². The fourth-order valence-electron chi connectivity index (χ4n) is 2.79. The van der Waals surface area contributed by atoms with Crippen LogP contribution < -0.4 is 16.0 Å². The van der Waals surface area contributed by atoms with Gasteiger partial charge in [-0.3, -0.25) is 4.79 Å². The largest absolute Gasteiger partial charge is 0.462 e. The molecule has 0 aromatic heterocycles. The van der Waals surface area contributed by atoms with E-state index in [9.17, 15) is 9.59 Å². The lowest BCUT2D eigenvalue weighted by molar-refractivity contribution is 0.0527. The molecule has 0 spiro atoms. The molecule has 2 aromatic rings. The molecule has 0 bridgehead atoms. The predicted octanol–water partition coefficient (Wildman–Crippen LogP) is 4.89. The second kappa shape index (κ2) is 11.0. The van der Waals surface area contributed by atoms with E-state index in [2.05, 4.69) is 16.0 Å². The number of hydrogen-bond donors (Lipinski definition) is 3. The van der Waals surface area contributed by atoms with Crippen LogP contribution in [0.4, 0.5) is 5.69 Å². The number of aryl methyl sites for hydroxylation is 2. The number of nitrogens with one attached hydrogen (secondary N) is 3. The maximum atomic E-state index is 12.7. The third-order valence-corrected chi connectivity index (χ3v) is 4.91. The smallest absolute Gasteiger partial charge is 0.340 e. The highest BCUT2D eigenvalue weighted by Gasteiger charge is 2.35. The minimum atomic E-state index is -1.92. The number of esters is 1. The van der Waals surface area contributed by atoms with Crippen LogP contribution in [-0.2, 0) is 4.74 Å². The molecular weight excluding hydrogens is 481 g/mol. The highest BCUT2D eigenvalue weighted by atomic mass is 35.6. The molecule has 2 rings (SSSR count). The van der Waals surface area contributed by atoms with Crippen LogP contribution in [0.5, 0.6) is 0 Å². The Balaban J connectivity index is 2.16. The molecule has 1 amide bonds. The Morgan fingerprint density at radius 3 is 2.26 bits per heavy atom. The van der Waals surface area contributed by atoms with E-state index in [1.54, 1.807) is 43.3 Å². The normalized spacial score (nSPS) is 11.9. The fourth-order valence-corrected chi connectivity index (χ4v) is 3.34. The number of alkyl halides is 3. The van der Waals surface area contributed by atoms with Crippen molar-refractivity contribution >= 4 is 69.7 Å². The zero-order valence-corrected chi connectivity index (χ0v) is 20.2. The van der Waals surface area contributed by atoms with E-state index in [0.717, 1.165) is 11.1 Å². The molecule has 3 N–H and O–H groups in total. The van der Waals surface area contributed by atoms with Crippen molar-refractivity contribution in [1.29, 1.82) is 0 Å². The summed E-state index contributed by atoms with van der Waals surface area (Å²) in [6.07, 6.45) is -1.15. The maximum absolute atomic E-state index is 12.7. The quantitative estimate of drug-likeness (QED) is 0.226. The van der Waals surface area contributed by atoms with E-state index in [4.69, 9.17) is 51.8 Å². The minimum absolute atomic E-state index is 0.0359. The molecule has 1 unspecified atom stereocenters. The Labute approximate surface area is 201 Å². The van der Waals surface area contributed by atoms with Gasteiger partial charge in [0.25, 0.3) is 5.91 Å².